The smallest absolute Gasteiger partial charge is 0.253 e. The monoisotopic (exact) mass is 562 g/mol. The Morgan fingerprint density at radius 3 is 2.45 bits per heavy atom. The second-order valence-corrected chi connectivity index (χ2v) is 14.8. The molecule has 4 aliphatic rings. The molecule has 1 aromatic rings. The number of carbonyl (C=O) groups is 2. The number of hydrogen-bond donors (Lipinski definition) is 1. The first-order valence-corrected chi connectivity index (χ1v) is 16.9. The van der Waals surface area contributed by atoms with Crippen molar-refractivity contribution in [3.8, 4) is 0 Å². The largest absolute Gasteiger partial charge is 0.337 e. The fraction of sp³-hybridized carbons (Fsp3) is 0.667. The van der Waals surface area contributed by atoms with Gasteiger partial charge in [-0.1, -0.05) is 25.3 Å². The van der Waals surface area contributed by atoms with Gasteiger partial charge in [-0.2, -0.15) is 0 Å². The summed E-state index contributed by atoms with van der Waals surface area (Å²) in [6, 6.07) is 5.42. The maximum atomic E-state index is 13.2. The molecule has 0 aromatic heterocycles. The van der Waals surface area contributed by atoms with Crippen LogP contribution in [0.4, 0.5) is 0 Å². The molecule has 1 spiro atoms. The molecule has 0 unspecified atom stereocenters. The molecule has 3 aliphatic heterocycles. The quantitative estimate of drug-likeness (QED) is 0.570. The number of amidine groups is 1. The van der Waals surface area contributed by atoms with Crippen molar-refractivity contribution in [2.24, 2.45) is 10.9 Å². The highest BCUT2D eigenvalue weighted by atomic mass is 32.2. The van der Waals surface area contributed by atoms with E-state index in [1.807, 2.05) is 19.1 Å². The van der Waals surface area contributed by atoms with Crippen LogP contribution in [0.2, 0.25) is 0 Å². The van der Waals surface area contributed by atoms with E-state index < -0.39 is 26.4 Å². The second kappa shape index (κ2) is 11.2. The molecule has 1 N–H and O–H groups in total. The van der Waals surface area contributed by atoms with Crippen LogP contribution in [0, 0.1) is 12.8 Å². The number of benzene rings is 1. The van der Waals surface area contributed by atoms with E-state index in [9.17, 15) is 22.2 Å². The van der Waals surface area contributed by atoms with Gasteiger partial charge in [-0.3, -0.25) is 18.8 Å². The van der Waals surface area contributed by atoms with Crippen molar-refractivity contribution in [2.75, 3.05) is 43.4 Å². The first kappa shape index (κ1) is 27.5. The topological polar surface area (TPSA) is 116 Å². The molecule has 0 atom stereocenters. The van der Waals surface area contributed by atoms with E-state index in [-0.39, 0.29) is 17.6 Å². The van der Waals surface area contributed by atoms with Gasteiger partial charge < -0.3 is 10.2 Å². The van der Waals surface area contributed by atoms with Gasteiger partial charge in [0, 0.05) is 60.0 Å². The van der Waals surface area contributed by atoms with Crippen LogP contribution in [0.1, 0.15) is 66.4 Å². The average molecular weight is 563 g/mol. The Labute approximate surface area is 227 Å². The molecular formula is C27H38N4O5S2. The number of aryl methyl sites for hydroxylation is 2. The van der Waals surface area contributed by atoms with Gasteiger partial charge in [0.25, 0.3) is 11.8 Å². The minimum Gasteiger partial charge on any atom is -0.337 e. The number of aliphatic imine (C=N–C) groups is 1. The van der Waals surface area contributed by atoms with Crippen LogP contribution in [0.15, 0.2) is 23.2 Å². The highest BCUT2D eigenvalue weighted by Crippen LogP contribution is 2.35. The van der Waals surface area contributed by atoms with E-state index in [1.54, 1.807) is 11.0 Å². The Bertz CT molecular complexity index is 1240. The number of nitrogens with one attached hydrogen (secondary N) is 1. The third kappa shape index (κ3) is 5.74. The molecule has 1 saturated carbocycles. The summed E-state index contributed by atoms with van der Waals surface area (Å²) in [6.45, 7) is 3.48. The Morgan fingerprint density at radius 2 is 1.79 bits per heavy atom. The number of amides is 2. The molecule has 11 heteroatoms. The Hall–Kier alpha value is -2.11. The summed E-state index contributed by atoms with van der Waals surface area (Å²) in [5.74, 6) is 2.00. The van der Waals surface area contributed by atoms with Crippen molar-refractivity contribution in [3.05, 3.63) is 34.9 Å². The number of rotatable bonds is 6. The summed E-state index contributed by atoms with van der Waals surface area (Å²) in [5, 5.41) is 3.03. The van der Waals surface area contributed by atoms with Gasteiger partial charge in [0.2, 0.25) is 10.0 Å². The fourth-order valence-corrected chi connectivity index (χ4v) is 8.61. The van der Waals surface area contributed by atoms with Crippen LogP contribution in [-0.2, 0) is 32.0 Å². The van der Waals surface area contributed by atoms with Gasteiger partial charge in [-0.15, -0.1) is 0 Å². The number of hydrogen-bond acceptors (Lipinski definition) is 6. The lowest BCUT2D eigenvalue weighted by Crippen LogP contribution is -2.51. The standard InChI is InChI=1S/C27H38N4O5S2/c1-20-19-23(25(32)30-14-16-37(34)17-15-30)8-7-21(20)9-18-38(35,36)31-12-10-27(11-13-31)26(33)28-24(29-27)22-5-3-2-4-6-22/h7-8,19,22H,2-6,9-18H2,1H3,(H,28,29,33). The lowest BCUT2D eigenvalue weighted by molar-refractivity contribution is -0.125. The van der Waals surface area contributed by atoms with Crippen LogP contribution in [0.3, 0.4) is 0 Å². The molecule has 1 aromatic carbocycles. The molecule has 2 saturated heterocycles. The minimum absolute atomic E-state index is 0.0190. The zero-order valence-corrected chi connectivity index (χ0v) is 23.7. The maximum absolute atomic E-state index is 13.2. The van der Waals surface area contributed by atoms with Crippen molar-refractivity contribution < 1.29 is 22.2 Å². The Kier molecular flexibility index (Phi) is 8.07. The first-order valence-electron chi connectivity index (χ1n) is 13.8. The molecule has 1 aliphatic carbocycles. The minimum atomic E-state index is -3.50. The lowest BCUT2D eigenvalue weighted by Gasteiger charge is -2.34. The summed E-state index contributed by atoms with van der Waals surface area (Å²) < 4.78 is 39.4. The molecule has 0 radical (unpaired) electrons. The molecule has 208 valence electrons. The molecular weight excluding hydrogens is 524 g/mol. The van der Waals surface area contributed by atoms with Gasteiger partial charge >= 0.3 is 0 Å². The number of carbonyl (C=O) groups excluding carboxylic acids is 2. The third-order valence-corrected chi connectivity index (χ3v) is 11.8. The molecule has 2 amide bonds. The summed E-state index contributed by atoms with van der Waals surface area (Å²) in [4.78, 5) is 32.3. The van der Waals surface area contributed by atoms with E-state index in [0.29, 0.717) is 68.4 Å². The SMILES string of the molecule is Cc1cc(C(=O)N2CCS(=O)CC2)ccc1CCS(=O)(=O)N1CCC2(CC1)N=C(C1CCCCC1)NC2=O. The lowest BCUT2D eigenvalue weighted by atomic mass is 9.88. The number of piperidine rings is 1. The number of sulfonamides is 1. The zero-order chi connectivity index (χ0) is 26.9. The Morgan fingerprint density at radius 1 is 1.11 bits per heavy atom. The van der Waals surface area contributed by atoms with E-state index >= 15 is 0 Å². The van der Waals surface area contributed by atoms with Crippen LogP contribution in [0.25, 0.3) is 0 Å². The van der Waals surface area contributed by atoms with Crippen LogP contribution in [-0.4, -0.2) is 88.5 Å². The van der Waals surface area contributed by atoms with Gasteiger partial charge in [-0.05, 0) is 62.3 Å². The van der Waals surface area contributed by atoms with Crippen molar-refractivity contribution >= 4 is 38.5 Å². The maximum Gasteiger partial charge on any atom is 0.253 e. The fourth-order valence-electron chi connectivity index (χ4n) is 6.09. The van der Waals surface area contributed by atoms with E-state index in [1.165, 1.54) is 23.6 Å². The summed E-state index contributed by atoms with van der Waals surface area (Å²) in [7, 11) is -4.34. The predicted molar refractivity (Wildman–Crippen MR) is 148 cm³/mol. The van der Waals surface area contributed by atoms with Crippen molar-refractivity contribution in [2.45, 2.75) is 63.8 Å². The number of nitrogens with zero attached hydrogens (tertiary/aromatic N) is 3. The van der Waals surface area contributed by atoms with Gasteiger partial charge in [0.1, 0.15) is 11.4 Å². The highest BCUT2D eigenvalue weighted by molar-refractivity contribution is 7.89. The second-order valence-electron chi connectivity index (χ2n) is 11.1. The first-order chi connectivity index (χ1) is 18.2. The summed E-state index contributed by atoms with van der Waals surface area (Å²) in [5.41, 5.74) is 1.54. The van der Waals surface area contributed by atoms with E-state index in [2.05, 4.69) is 5.32 Å². The average Bonchev–Trinajstić information content (AvgIpc) is 3.24. The molecule has 3 heterocycles. The zero-order valence-electron chi connectivity index (χ0n) is 22.1. The van der Waals surface area contributed by atoms with Crippen molar-refractivity contribution in [1.29, 1.82) is 0 Å². The molecule has 3 fully saturated rings. The normalized spacial score (nSPS) is 23.4. The molecule has 5 rings (SSSR count). The van der Waals surface area contributed by atoms with Gasteiger partial charge in [-0.25, -0.2) is 12.7 Å². The van der Waals surface area contributed by atoms with Crippen molar-refractivity contribution in [1.82, 2.24) is 14.5 Å². The molecule has 38 heavy (non-hydrogen) atoms. The van der Waals surface area contributed by atoms with Gasteiger partial charge in [0.15, 0.2) is 0 Å². The van der Waals surface area contributed by atoms with Crippen LogP contribution < -0.4 is 5.32 Å². The van der Waals surface area contributed by atoms with E-state index in [0.717, 1.165) is 29.8 Å². The summed E-state index contributed by atoms with van der Waals surface area (Å²) in [6.07, 6.45) is 6.87. The van der Waals surface area contributed by atoms with Crippen LogP contribution in [0.5, 0.6) is 0 Å². The van der Waals surface area contributed by atoms with Gasteiger partial charge in [0.05, 0.1) is 5.75 Å². The van der Waals surface area contributed by atoms with Crippen LogP contribution >= 0.6 is 0 Å². The molecule has 9 nitrogen and oxygen atoms in total. The van der Waals surface area contributed by atoms with E-state index in [4.69, 9.17) is 4.99 Å². The summed E-state index contributed by atoms with van der Waals surface area (Å²) >= 11 is 0. The third-order valence-electron chi connectivity index (χ3n) is 8.62. The highest BCUT2D eigenvalue weighted by Gasteiger charge is 2.48. The predicted octanol–water partition coefficient (Wildman–Crippen LogP) is 2.02. The Balaban J connectivity index is 1.17. The molecule has 0 bridgehead atoms. The van der Waals surface area contributed by atoms with Crippen molar-refractivity contribution in [3.63, 3.8) is 0 Å².